The van der Waals surface area contributed by atoms with Crippen LogP contribution in [0.1, 0.15) is 58.8 Å². The maximum Gasteiger partial charge on any atom is 0.410 e. The largest absolute Gasteiger partial charge is 0.469 e. The zero-order valence-corrected chi connectivity index (χ0v) is 15.7. The second-order valence-corrected chi connectivity index (χ2v) is 6.73. The van der Waals surface area contributed by atoms with Crippen molar-refractivity contribution >= 4 is 18.0 Å². The molecule has 1 aliphatic rings. The summed E-state index contributed by atoms with van der Waals surface area (Å²) in [6.45, 7) is 5.45. The Morgan fingerprint density at radius 1 is 1.08 bits per heavy atom. The quantitative estimate of drug-likeness (QED) is 0.507. The van der Waals surface area contributed by atoms with Gasteiger partial charge in [0.25, 0.3) is 0 Å². The topological polar surface area (TPSA) is 84.9 Å². The molecule has 1 fully saturated rings. The van der Waals surface area contributed by atoms with E-state index < -0.39 is 0 Å². The molecular formula is C18H32N2O5. The maximum atomic E-state index is 12.2. The minimum absolute atomic E-state index is 0.0255. The first kappa shape index (κ1) is 21.3. The highest BCUT2D eigenvalue weighted by Gasteiger charge is 2.28. The Labute approximate surface area is 150 Å². The Balaban J connectivity index is 2.09. The molecule has 0 atom stereocenters. The van der Waals surface area contributed by atoms with Crippen molar-refractivity contribution in [3.05, 3.63) is 0 Å². The van der Waals surface area contributed by atoms with Gasteiger partial charge in [-0.2, -0.15) is 0 Å². The lowest BCUT2D eigenvalue weighted by Gasteiger charge is -2.31. The minimum Gasteiger partial charge on any atom is -0.469 e. The van der Waals surface area contributed by atoms with Crippen LogP contribution >= 0.6 is 0 Å². The zero-order valence-electron chi connectivity index (χ0n) is 15.7. The number of amides is 2. The van der Waals surface area contributed by atoms with E-state index in [0.717, 1.165) is 25.7 Å². The van der Waals surface area contributed by atoms with Crippen LogP contribution in [0.15, 0.2) is 0 Å². The van der Waals surface area contributed by atoms with Gasteiger partial charge < -0.3 is 19.7 Å². The molecule has 0 aliphatic carbocycles. The summed E-state index contributed by atoms with van der Waals surface area (Å²) >= 11 is 0. The molecule has 1 heterocycles. The lowest BCUT2D eigenvalue weighted by Crippen LogP contribution is -2.43. The molecule has 1 N–H and O–H groups in total. The van der Waals surface area contributed by atoms with Crippen LogP contribution in [0.3, 0.4) is 0 Å². The fraction of sp³-hybridized carbons (Fsp3) is 0.833. The van der Waals surface area contributed by atoms with E-state index in [1.54, 1.807) is 4.90 Å². The molecule has 25 heavy (non-hydrogen) atoms. The number of nitrogens with zero attached hydrogens (tertiary/aromatic N) is 1. The molecule has 0 saturated carbocycles. The van der Waals surface area contributed by atoms with Gasteiger partial charge in [-0.1, -0.05) is 12.8 Å². The van der Waals surface area contributed by atoms with Gasteiger partial charge >= 0.3 is 12.1 Å². The lowest BCUT2D eigenvalue weighted by atomic mass is 9.96. The number of rotatable bonds is 9. The summed E-state index contributed by atoms with van der Waals surface area (Å²) in [7, 11) is 1.40. The van der Waals surface area contributed by atoms with Crippen molar-refractivity contribution in [2.45, 2.75) is 64.9 Å². The number of likely N-dealkylation sites (tertiary alicyclic amines) is 1. The number of hydrogen-bond acceptors (Lipinski definition) is 5. The minimum atomic E-state index is -0.291. The molecule has 7 nitrogen and oxygen atoms in total. The number of esters is 1. The van der Waals surface area contributed by atoms with E-state index in [1.165, 1.54) is 7.11 Å². The number of carbonyl (C=O) groups excluding carboxylic acids is 3. The van der Waals surface area contributed by atoms with E-state index in [2.05, 4.69) is 10.1 Å². The van der Waals surface area contributed by atoms with Gasteiger partial charge in [0.1, 0.15) is 0 Å². The Bertz CT molecular complexity index is 431. The van der Waals surface area contributed by atoms with Gasteiger partial charge in [0.05, 0.1) is 13.2 Å². The van der Waals surface area contributed by atoms with Crippen molar-refractivity contribution in [2.75, 3.05) is 26.7 Å². The van der Waals surface area contributed by atoms with Crippen molar-refractivity contribution in [1.29, 1.82) is 0 Å². The highest BCUT2D eigenvalue weighted by Crippen LogP contribution is 2.18. The molecule has 1 rings (SSSR count). The monoisotopic (exact) mass is 356 g/mol. The standard InChI is InChI=1S/C18H32N2O5/c1-14(2)25-18(23)20-12-9-15(10-13-20)17(22)19-11-7-5-4-6-8-16(21)24-3/h14-15H,4-13H2,1-3H3,(H,19,22). The van der Waals surface area contributed by atoms with E-state index in [0.29, 0.717) is 38.9 Å². The first-order valence-electron chi connectivity index (χ1n) is 9.24. The Hall–Kier alpha value is -1.79. The maximum absolute atomic E-state index is 12.2. The molecule has 0 aromatic carbocycles. The van der Waals surface area contributed by atoms with E-state index >= 15 is 0 Å². The number of unbranched alkanes of at least 4 members (excludes halogenated alkanes) is 3. The van der Waals surface area contributed by atoms with Crippen molar-refractivity contribution in [3.8, 4) is 0 Å². The van der Waals surface area contributed by atoms with Gasteiger partial charge in [-0.15, -0.1) is 0 Å². The third-order valence-electron chi connectivity index (χ3n) is 4.30. The number of ether oxygens (including phenoxy) is 2. The zero-order chi connectivity index (χ0) is 18.7. The van der Waals surface area contributed by atoms with E-state index in [4.69, 9.17) is 4.74 Å². The molecule has 144 valence electrons. The first-order chi connectivity index (χ1) is 11.9. The second kappa shape index (κ2) is 11.7. The summed E-state index contributed by atoms with van der Waals surface area (Å²) in [5, 5.41) is 2.97. The van der Waals surface area contributed by atoms with Crippen molar-refractivity contribution in [1.82, 2.24) is 10.2 Å². The van der Waals surface area contributed by atoms with Gasteiger partial charge in [-0.25, -0.2) is 4.79 Å². The number of methoxy groups -OCH3 is 1. The average molecular weight is 356 g/mol. The summed E-state index contributed by atoms with van der Waals surface area (Å²) in [4.78, 5) is 36.6. The normalized spacial score (nSPS) is 15.1. The fourth-order valence-electron chi connectivity index (χ4n) is 2.81. The molecule has 0 aromatic heterocycles. The fourth-order valence-corrected chi connectivity index (χ4v) is 2.81. The molecule has 0 spiro atoms. The molecule has 2 amide bonds. The van der Waals surface area contributed by atoms with Gasteiger partial charge in [0.2, 0.25) is 5.91 Å². The van der Waals surface area contributed by atoms with Gasteiger partial charge in [-0.3, -0.25) is 9.59 Å². The summed E-state index contributed by atoms with van der Waals surface area (Å²) in [5.41, 5.74) is 0. The predicted molar refractivity (Wildman–Crippen MR) is 94.0 cm³/mol. The van der Waals surface area contributed by atoms with Crippen molar-refractivity contribution in [2.24, 2.45) is 5.92 Å². The first-order valence-corrected chi connectivity index (χ1v) is 9.24. The molecule has 0 aromatic rings. The third-order valence-corrected chi connectivity index (χ3v) is 4.30. The van der Waals surface area contributed by atoms with Gasteiger partial charge in [0.15, 0.2) is 0 Å². The van der Waals surface area contributed by atoms with E-state index in [9.17, 15) is 14.4 Å². The van der Waals surface area contributed by atoms with E-state index in [1.807, 2.05) is 13.8 Å². The smallest absolute Gasteiger partial charge is 0.410 e. The number of piperidine rings is 1. The summed E-state index contributed by atoms with van der Waals surface area (Å²) in [5.74, 6) is -0.120. The van der Waals surface area contributed by atoms with Crippen LogP contribution in [0.4, 0.5) is 4.79 Å². The molecule has 0 radical (unpaired) electrons. The Morgan fingerprint density at radius 2 is 1.72 bits per heavy atom. The van der Waals surface area contributed by atoms with Crippen LogP contribution in [0.25, 0.3) is 0 Å². The molecule has 0 unspecified atom stereocenters. The highest BCUT2D eigenvalue weighted by molar-refractivity contribution is 5.79. The van der Waals surface area contributed by atoms with Gasteiger partial charge in [0, 0.05) is 32.0 Å². The summed E-state index contributed by atoms with van der Waals surface area (Å²) < 4.78 is 9.77. The Kier molecular flexibility index (Phi) is 9.96. The molecule has 1 saturated heterocycles. The van der Waals surface area contributed by atoms with Crippen molar-refractivity contribution in [3.63, 3.8) is 0 Å². The van der Waals surface area contributed by atoms with Crippen LogP contribution < -0.4 is 5.32 Å². The average Bonchev–Trinajstić information content (AvgIpc) is 2.59. The molecule has 1 aliphatic heterocycles. The molecule has 7 heteroatoms. The van der Waals surface area contributed by atoms with Crippen LogP contribution in [-0.2, 0) is 19.1 Å². The molecule has 0 bridgehead atoms. The number of carbonyl (C=O) groups is 3. The predicted octanol–water partition coefficient (Wildman–Crippen LogP) is 2.48. The van der Waals surface area contributed by atoms with Crippen molar-refractivity contribution < 1.29 is 23.9 Å². The highest BCUT2D eigenvalue weighted by atomic mass is 16.6. The van der Waals surface area contributed by atoms with Crippen LogP contribution in [0.5, 0.6) is 0 Å². The van der Waals surface area contributed by atoms with Gasteiger partial charge in [-0.05, 0) is 39.5 Å². The lowest BCUT2D eigenvalue weighted by molar-refractivity contribution is -0.140. The SMILES string of the molecule is COC(=O)CCCCCCNC(=O)C1CCN(C(=O)OC(C)C)CC1. The van der Waals surface area contributed by atoms with Crippen LogP contribution in [0, 0.1) is 5.92 Å². The summed E-state index contributed by atoms with van der Waals surface area (Å²) in [6, 6.07) is 0. The number of nitrogens with one attached hydrogen (secondary N) is 1. The molecular weight excluding hydrogens is 324 g/mol. The Morgan fingerprint density at radius 3 is 2.32 bits per heavy atom. The van der Waals surface area contributed by atoms with E-state index in [-0.39, 0.29) is 30.0 Å². The van der Waals surface area contributed by atoms with Crippen LogP contribution in [-0.4, -0.2) is 55.7 Å². The summed E-state index contributed by atoms with van der Waals surface area (Å²) in [6.07, 6.45) is 5.08. The number of hydrogen-bond donors (Lipinski definition) is 1. The second-order valence-electron chi connectivity index (χ2n) is 6.73. The third kappa shape index (κ3) is 8.74. The van der Waals surface area contributed by atoms with Crippen LogP contribution in [0.2, 0.25) is 0 Å².